The summed E-state index contributed by atoms with van der Waals surface area (Å²) in [6.07, 6.45) is 30.8. The van der Waals surface area contributed by atoms with E-state index in [2.05, 4.69) is 128 Å². The predicted octanol–water partition coefficient (Wildman–Crippen LogP) is 18.4. The number of ether oxygens (including phenoxy) is 1. The van der Waals surface area contributed by atoms with E-state index in [0.29, 0.717) is 118 Å². The van der Waals surface area contributed by atoms with Crippen LogP contribution < -0.4 is 32.1 Å². The zero-order chi connectivity index (χ0) is 94.1. The smallest absolute Gasteiger partial charge is 0.251 e. The second kappa shape index (κ2) is 44.4. The summed E-state index contributed by atoms with van der Waals surface area (Å²) in [7, 11) is 0. The van der Waals surface area contributed by atoms with Gasteiger partial charge in [-0.1, -0.05) is 66.4 Å². The second-order valence-corrected chi connectivity index (χ2v) is 34.6. The Morgan fingerprint density at radius 1 is 0.434 bits per heavy atom. The molecular weight excluding hydrogens is 1810 g/mol. The maximum absolute atomic E-state index is 13.2. The van der Waals surface area contributed by atoms with E-state index < -0.39 is 5.41 Å². The number of aromatic nitrogens is 19. The summed E-state index contributed by atoms with van der Waals surface area (Å²) < 4.78 is 7.37. The van der Waals surface area contributed by atoms with Crippen LogP contribution in [0.2, 0.25) is 0 Å². The van der Waals surface area contributed by atoms with E-state index >= 15 is 0 Å². The number of thiophene rings is 5. The number of H-pyrrole nitrogens is 1. The zero-order valence-electron chi connectivity index (χ0n) is 72.6. The molecule has 0 aliphatic rings. The predicted molar refractivity (Wildman–Crippen MR) is 533 cm³/mol. The largest absolute Gasteiger partial charge is 0.367 e. The number of hydrogen-bond donors (Lipinski definition) is 6. The summed E-state index contributed by atoms with van der Waals surface area (Å²) >= 11 is 7.47. The molecule has 0 saturated carbocycles. The van der Waals surface area contributed by atoms with Crippen LogP contribution in [-0.4, -0.2) is 130 Å². The first kappa shape index (κ1) is 92.4. The van der Waals surface area contributed by atoms with Crippen molar-refractivity contribution in [1.82, 2.24) is 94.3 Å². The molecule has 0 aliphatic heterocycles. The van der Waals surface area contributed by atoms with Crippen LogP contribution >= 0.6 is 56.7 Å². The van der Waals surface area contributed by atoms with Crippen LogP contribution in [0.1, 0.15) is 72.9 Å². The Kier molecular flexibility index (Phi) is 30.1. The number of rotatable bonds is 24. The maximum atomic E-state index is 13.2. The minimum Gasteiger partial charge on any atom is -0.367 e. The van der Waals surface area contributed by atoms with Crippen LogP contribution in [0.25, 0.3) is 109 Å². The van der Waals surface area contributed by atoms with Crippen LogP contribution in [0.15, 0.2) is 294 Å². The standard InChI is InChI=1S/C23H18N4OS.C22H16N4OS.C19H15N5O3S.C18H14N6OS.C18H15N5OS/c1-4-15-8-10-16(11-9-15)23(2,3)22(28)27-19-17-12-14-29-21(17)26-20(25-19)18-7-5-6-13-24-18;1-3-15-7-9-16(10-8-15)14(2)21(27)25-19-17-11-13-28-22(17)26-20(24-19)18-6-4-5-12-23-18;25-15-9-12(4-7-21-15)10-27-11-16(26)22-17-13-5-8-28-19(13)24-18(23-17)14-3-1-2-6-20-14;25-15(5-4-12-9-19-11-20-10-12)22-16-13-6-8-26-18(13)24-17(23-16)14-3-1-2-7-21-14;24-15(6-11-23-9-3-4-10-23)20-16-13-7-12-25-18(13)22-17(21-16)14-5-1-2-8-19-14/h1,5-14H,2-3H3,(H,25,26,27,28);1,4-14H,2H3,(H,24,25,26,27);1-9H,10-11H2,(H,21,25)(H,22,23,24,26);1-3,6-11H,4-5H2,(H,22,23,24,25);1-5,7-10,12H,6,11H2,(H,20,21,22,24). The Bertz CT molecular complexity index is 7720. The summed E-state index contributed by atoms with van der Waals surface area (Å²) in [5, 5.41) is 28.2. The molecule has 20 aromatic rings. The Balaban J connectivity index is 0.000000123. The third kappa shape index (κ3) is 23.7. The number of carbonyl (C=O) groups excluding carboxylic acids is 5. The number of carbonyl (C=O) groups is 5. The molecule has 0 fully saturated rings. The third-order valence-corrected chi connectivity index (χ3v) is 24.5. The van der Waals surface area contributed by atoms with Crippen molar-refractivity contribution >= 4 is 166 Å². The number of terminal acetylenes is 2. The molecule has 36 heteroatoms. The van der Waals surface area contributed by atoms with Crippen molar-refractivity contribution in [3.05, 3.63) is 333 Å². The lowest BCUT2D eigenvalue weighted by Crippen LogP contribution is -2.35. The average Bonchev–Trinajstić information content (AvgIpc) is 1.49. The number of anilines is 5. The van der Waals surface area contributed by atoms with Gasteiger partial charge in [-0.3, -0.25) is 53.7 Å². The van der Waals surface area contributed by atoms with E-state index in [-0.39, 0.29) is 54.2 Å². The third-order valence-electron chi connectivity index (χ3n) is 20.5. The first-order valence-corrected chi connectivity index (χ1v) is 46.4. The Labute approximate surface area is 796 Å². The van der Waals surface area contributed by atoms with Crippen molar-refractivity contribution in [3.63, 3.8) is 0 Å². The van der Waals surface area contributed by atoms with Crippen molar-refractivity contribution in [2.24, 2.45) is 0 Å². The average molecular weight is 1890 g/mol. The minimum atomic E-state index is -0.772. The Morgan fingerprint density at radius 3 is 1.19 bits per heavy atom. The molecule has 31 nitrogen and oxygen atoms in total. The molecule has 0 spiro atoms. The van der Waals surface area contributed by atoms with Gasteiger partial charge >= 0.3 is 0 Å². The van der Waals surface area contributed by atoms with Crippen molar-refractivity contribution < 1.29 is 28.7 Å². The molecule has 670 valence electrons. The Morgan fingerprint density at radius 2 is 0.809 bits per heavy atom. The first-order valence-electron chi connectivity index (χ1n) is 42.0. The molecule has 136 heavy (non-hydrogen) atoms. The molecule has 6 N–H and O–H groups in total. The molecule has 0 radical (unpaired) electrons. The normalized spacial score (nSPS) is 11.1. The maximum Gasteiger partial charge on any atom is 0.251 e. The van der Waals surface area contributed by atoms with Crippen LogP contribution in [0, 0.1) is 24.7 Å². The van der Waals surface area contributed by atoms with Gasteiger partial charge in [0, 0.05) is 98.5 Å². The molecule has 2 aromatic carbocycles. The van der Waals surface area contributed by atoms with Gasteiger partial charge in [0.15, 0.2) is 29.1 Å². The van der Waals surface area contributed by atoms with Crippen LogP contribution in [-0.2, 0) is 53.7 Å². The fraction of sp³-hybridized carbons (Fsp3) is 0.110. The second-order valence-electron chi connectivity index (χ2n) is 30.1. The molecule has 1 unspecified atom stereocenters. The first-order chi connectivity index (χ1) is 66.4. The van der Waals surface area contributed by atoms with E-state index in [4.69, 9.17) is 17.6 Å². The number of nitrogens with zero attached hydrogens (tertiary/aromatic N) is 18. The van der Waals surface area contributed by atoms with Crippen LogP contribution in [0.5, 0.6) is 0 Å². The van der Waals surface area contributed by atoms with Gasteiger partial charge in [-0.05, 0) is 210 Å². The highest BCUT2D eigenvalue weighted by Crippen LogP contribution is 2.36. The van der Waals surface area contributed by atoms with Crippen molar-refractivity contribution in [1.29, 1.82) is 0 Å². The monoisotopic (exact) mass is 1890 g/mol. The lowest BCUT2D eigenvalue weighted by Gasteiger charge is -2.24. The van der Waals surface area contributed by atoms with Gasteiger partial charge in [0.25, 0.3) is 5.91 Å². The molecule has 5 amide bonds. The van der Waals surface area contributed by atoms with E-state index in [1.54, 1.807) is 49.4 Å². The number of aromatic amines is 1. The SMILES string of the molecule is C#Cc1ccc(C(C)(C)C(=O)Nc2nc(-c3ccccn3)nc3sccc23)cc1.C#Cc1ccc(C(C)C(=O)Nc2nc(-c3ccccn3)nc3sccc23)cc1.O=C(CCc1cncnc1)Nc1nc(-c2ccccn2)nc2sccc12.O=C(CCn1cccc1)Nc1nc(-c2ccccn2)nc2sccc12.O=C(COCc1cc[nH]c(=O)c1)Nc1nc(-c2ccccn2)nc2sccc12. The number of amides is 5. The van der Waals surface area contributed by atoms with E-state index in [0.717, 1.165) is 78.9 Å². The molecular formula is C100H78N24O7S5. The molecule has 18 heterocycles. The quantitative estimate of drug-likeness (QED) is 0.0306. The molecule has 0 aliphatic carbocycles. The number of hydrogen-bond acceptors (Lipinski definition) is 29. The number of nitrogens with one attached hydrogen (secondary N) is 6. The molecule has 0 saturated heterocycles. The highest BCUT2D eigenvalue weighted by molar-refractivity contribution is 7.18. The van der Waals surface area contributed by atoms with E-state index in [1.165, 1.54) is 75.3 Å². The molecule has 0 bridgehead atoms. The van der Waals surface area contributed by atoms with Gasteiger partial charge < -0.3 is 40.9 Å². The Hall–Kier alpha value is -16.9. The van der Waals surface area contributed by atoms with Crippen molar-refractivity contribution in [2.75, 3.05) is 33.2 Å². The van der Waals surface area contributed by atoms with Crippen molar-refractivity contribution in [3.8, 4) is 82.3 Å². The van der Waals surface area contributed by atoms with Crippen LogP contribution in [0.4, 0.5) is 29.1 Å². The topological polar surface area (TPSA) is 412 Å². The highest BCUT2D eigenvalue weighted by Gasteiger charge is 2.32. The van der Waals surface area contributed by atoms with E-state index in [1.807, 2.05) is 247 Å². The number of aryl methyl sites for hydroxylation is 2. The molecule has 18 aromatic heterocycles. The summed E-state index contributed by atoms with van der Waals surface area (Å²) in [6, 6.07) is 59.1. The van der Waals surface area contributed by atoms with Gasteiger partial charge in [-0.25, -0.2) is 59.8 Å². The van der Waals surface area contributed by atoms with Crippen LogP contribution in [0.3, 0.4) is 0 Å². The fourth-order valence-corrected chi connectivity index (χ4v) is 17.1. The van der Waals surface area contributed by atoms with E-state index in [9.17, 15) is 28.8 Å². The van der Waals surface area contributed by atoms with Gasteiger partial charge in [0.1, 0.15) is 94.6 Å². The van der Waals surface area contributed by atoms with Gasteiger partial charge in [-0.2, -0.15) is 0 Å². The number of benzene rings is 2. The number of pyridine rings is 6. The summed E-state index contributed by atoms with van der Waals surface area (Å²) in [5.74, 6) is 8.80. The van der Waals surface area contributed by atoms with Gasteiger partial charge in [-0.15, -0.1) is 69.5 Å². The lowest BCUT2D eigenvalue weighted by atomic mass is 9.83. The van der Waals surface area contributed by atoms with Gasteiger partial charge in [0.2, 0.25) is 29.2 Å². The molecule has 1 atom stereocenters. The van der Waals surface area contributed by atoms with Crippen molar-refractivity contribution in [2.45, 2.75) is 64.5 Å². The zero-order valence-corrected chi connectivity index (χ0v) is 76.7. The van der Waals surface area contributed by atoms with Gasteiger partial charge in [0.05, 0.1) is 44.9 Å². The molecule has 20 rings (SSSR count). The lowest BCUT2D eigenvalue weighted by molar-refractivity contribution is -0.121. The fourth-order valence-electron chi connectivity index (χ4n) is 13.3. The highest BCUT2D eigenvalue weighted by atomic mass is 32.1. The summed E-state index contributed by atoms with van der Waals surface area (Å²) in [6.45, 7) is 6.23. The summed E-state index contributed by atoms with van der Waals surface area (Å²) in [5.41, 5.74) is 7.23. The minimum absolute atomic E-state index is 0.0770. The summed E-state index contributed by atoms with van der Waals surface area (Å²) in [4.78, 5) is 156. The number of fused-ring (bicyclic) bond motifs is 5.